The van der Waals surface area contributed by atoms with Crippen molar-refractivity contribution in [3.63, 3.8) is 0 Å². The minimum absolute atomic E-state index is 0.451. The summed E-state index contributed by atoms with van der Waals surface area (Å²) in [6.45, 7) is 0.683. The van der Waals surface area contributed by atoms with E-state index in [2.05, 4.69) is 28.5 Å². The average molecular weight is 273 g/mol. The molecule has 3 aromatic rings. The first-order valence-corrected chi connectivity index (χ1v) is 6.89. The van der Waals surface area contributed by atoms with E-state index in [-0.39, 0.29) is 0 Å². The van der Waals surface area contributed by atoms with Crippen LogP contribution in [0.25, 0.3) is 10.9 Å². The highest BCUT2D eigenvalue weighted by Gasteiger charge is 1.99. The van der Waals surface area contributed by atoms with Crippen molar-refractivity contribution in [1.82, 2.24) is 4.98 Å². The summed E-state index contributed by atoms with van der Waals surface area (Å²) in [6, 6.07) is 22.3. The molecule has 1 heterocycles. The Bertz CT molecular complexity index is 785. The molecule has 102 valence electrons. The van der Waals surface area contributed by atoms with Crippen molar-refractivity contribution in [3.8, 4) is 6.07 Å². The lowest BCUT2D eigenvalue weighted by Gasteiger charge is -2.07. The standard InChI is InChI=1S/C18H15N3/c19-12-11-14-5-8-16(9-6-14)20-13-17-10-7-15-3-1-2-4-18(15)21-17/h1-10,20H,11,13H2. The molecule has 21 heavy (non-hydrogen) atoms. The first-order chi connectivity index (χ1) is 10.3. The van der Waals surface area contributed by atoms with E-state index < -0.39 is 0 Å². The third kappa shape index (κ3) is 3.18. The minimum Gasteiger partial charge on any atom is -0.379 e. The summed E-state index contributed by atoms with van der Waals surface area (Å²) in [4.78, 5) is 4.63. The van der Waals surface area contributed by atoms with Crippen LogP contribution in [0.15, 0.2) is 60.7 Å². The number of fused-ring (bicyclic) bond motifs is 1. The highest BCUT2D eigenvalue weighted by atomic mass is 14.9. The van der Waals surface area contributed by atoms with Crippen molar-refractivity contribution in [2.45, 2.75) is 13.0 Å². The van der Waals surface area contributed by atoms with Gasteiger partial charge in [0.25, 0.3) is 0 Å². The summed E-state index contributed by atoms with van der Waals surface area (Å²) in [6.07, 6.45) is 0.451. The van der Waals surface area contributed by atoms with Gasteiger partial charge < -0.3 is 5.32 Å². The van der Waals surface area contributed by atoms with Gasteiger partial charge in [-0.1, -0.05) is 36.4 Å². The van der Waals surface area contributed by atoms with E-state index in [1.165, 1.54) is 0 Å². The average Bonchev–Trinajstić information content (AvgIpc) is 2.54. The Kier molecular flexibility index (Phi) is 3.79. The molecule has 0 unspecified atom stereocenters. The number of benzene rings is 2. The van der Waals surface area contributed by atoms with Gasteiger partial charge in [-0.05, 0) is 29.8 Å². The SMILES string of the molecule is N#CCc1ccc(NCc2ccc3ccccc3n2)cc1. The van der Waals surface area contributed by atoms with Crippen LogP contribution in [-0.2, 0) is 13.0 Å². The molecule has 1 aromatic heterocycles. The molecular weight excluding hydrogens is 258 g/mol. The maximum atomic E-state index is 8.65. The quantitative estimate of drug-likeness (QED) is 0.784. The van der Waals surface area contributed by atoms with Gasteiger partial charge in [0.2, 0.25) is 0 Å². The molecule has 0 saturated heterocycles. The molecule has 0 bridgehead atoms. The second-order valence-corrected chi connectivity index (χ2v) is 4.88. The van der Waals surface area contributed by atoms with Crippen LogP contribution in [0.4, 0.5) is 5.69 Å². The van der Waals surface area contributed by atoms with Gasteiger partial charge in [0, 0.05) is 11.1 Å². The van der Waals surface area contributed by atoms with Crippen molar-refractivity contribution in [3.05, 3.63) is 71.9 Å². The summed E-state index contributed by atoms with van der Waals surface area (Å²) >= 11 is 0. The summed E-state index contributed by atoms with van der Waals surface area (Å²) in [5, 5.41) is 13.2. The highest BCUT2D eigenvalue weighted by Crippen LogP contribution is 2.14. The van der Waals surface area contributed by atoms with Gasteiger partial charge >= 0.3 is 0 Å². The number of nitrogens with one attached hydrogen (secondary N) is 1. The molecule has 2 aromatic carbocycles. The van der Waals surface area contributed by atoms with Crippen LogP contribution in [0.1, 0.15) is 11.3 Å². The number of rotatable bonds is 4. The van der Waals surface area contributed by atoms with Crippen LogP contribution in [0, 0.1) is 11.3 Å². The molecule has 1 N–H and O–H groups in total. The normalized spacial score (nSPS) is 10.2. The number of pyridine rings is 1. The van der Waals surface area contributed by atoms with Crippen LogP contribution in [-0.4, -0.2) is 4.98 Å². The predicted octanol–water partition coefficient (Wildman–Crippen LogP) is 3.91. The fourth-order valence-electron chi connectivity index (χ4n) is 2.23. The lowest BCUT2D eigenvalue weighted by Crippen LogP contribution is -2.01. The number of nitriles is 1. The van der Waals surface area contributed by atoms with E-state index >= 15 is 0 Å². The number of para-hydroxylation sites is 1. The van der Waals surface area contributed by atoms with E-state index in [0.717, 1.165) is 27.8 Å². The van der Waals surface area contributed by atoms with Gasteiger partial charge in [-0.3, -0.25) is 4.98 Å². The van der Waals surface area contributed by atoms with Crippen LogP contribution < -0.4 is 5.32 Å². The first kappa shape index (κ1) is 13.1. The van der Waals surface area contributed by atoms with Crippen LogP contribution in [0.5, 0.6) is 0 Å². The van der Waals surface area contributed by atoms with E-state index in [9.17, 15) is 0 Å². The van der Waals surface area contributed by atoms with Gasteiger partial charge in [0.15, 0.2) is 0 Å². The third-order valence-electron chi connectivity index (χ3n) is 3.37. The summed E-state index contributed by atoms with van der Waals surface area (Å²) in [7, 11) is 0. The molecule has 0 amide bonds. The molecule has 0 aliphatic carbocycles. The lowest BCUT2D eigenvalue weighted by atomic mass is 10.1. The van der Waals surface area contributed by atoms with Gasteiger partial charge in [0.05, 0.1) is 30.2 Å². The van der Waals surface area contributed by atoms with Crippen LogP contribution in [0.3, 0.4) is 0 Å². The van der Waals surface area contributed by atoms with Gasteiger partial charge in [0.1, 0.15) is 0 Å². The van der Waals surface area contributed by atoms with E-state index in [1.807, 2.05) is 48.5 Å². The monoisotopic (exact) mass is 273 g/mol. The molecule has 3 nitrogen and oxygen atoms in total. The fraction of sp³-hybridized carbons (Fsp3) is 0.111. The Morgan fingerprint density at radius 2 is 1.76 bits per heavy atom. The summed E-state index contributed by atoms with van der Waals surface area (Å²) in [5.74, 6) is 0. The maximum Gasteiger partial charge on any atom is 0.0706 e. The Labute approximate surface area is 123 Å². The molecule has 3 heteroatoms. The Morgan fingerprint density at radius 1 is 0.952 bits per heavy atom. The molecule has 0 aliphatic heterocycles. The number of hydrogen-bond acceptors (Lipinski definition) is 3. The highest BCUT2D eigenvalue weighted by molar-refractivity contribution is 5.78. The van der Waals surface area contributed by atoms with E-state index in [4.69, 9.17) is 5.26 Å². The summed E-state index contributed by atoms with van der Waals surface area (Å²) < 4.78 is 0. The summed E-state index contributed by atoms with van der Waals surface area (Å²) in [5.41, 5.74) is 4.09. The van der Waals surface area contributed by atoms with E-state index in [1.54, 1.807) is 0 Å². The largest absolute Gasteiger partial charge is 0.379 e. The number of aromatic nitrogens is 1. The first-order valence-electron chi connectivity index (χ1n) is 6.89. The van der Waals surface area contributed by atoms with Crippen LogP contribution in [0.2, 0.25) is 0 Å². The van der Waals surface area contributed by atoms with Crippen molar-refractivity contribution < 1.29 is 0 Å². The molecular formula is C18H15N3. The number of nitrogens with zero attached hydrogens (tertiary/aromatic N) is 2. The zero-order valence-electron chi connectivity index (χ0n) is 11.6. The number of hydrogen-bond donors (Lipinski definition) is 1. The molecule has 0 radical (unpaired) electrons. The van der Waals surface area contributed by atoms with Crippen molar-refractivity contribution in [2.75, 3.05) is 5.32 Å². The van der Waals surface area contributed by atoms with Crippen molar-refractivity contribution >= 4 is 16.6 Å². The van der Waals surface area contributed by atoms with E-state index in [0.29, 0.717) is 13.0 Å². The van der Waals surface area contributed by atoms with Crippen molar-refractivity contribution in [2.24, 2.45) is 0 Å². The smallest absolute Gasteiger partial charge is 0.0706 e. The predicted molar refractivity (Wildman–Crippen MR) is 84.8 cm³/mol. The third-order valence-corrected chi connectivity index (χ3v) is 3.37. The van der Waals surface area contributed by atoms with Crippen LogP contribution >= 0.6 is 0 Å². The molecule has 0 aliphatic rings. The Hall–Kier alpha value is -2.86. The number of anilines is 1. The van der Waals surface area contributed by atoms with Crippen molar-refractivity contribution in [1.29, 1.82) is 5.26 Å². The topological polar surface area (TPSA) is 48.7 Å². The zero-order valence-corrected chi connectivity index (χ0v) is 11.6. The second-order valence-electron chi connectivity index (χ2n) is 4.88. The molecule has 0 fully saturated rings. The maximum absolute atomic E-state index is 8.65. The zero-order chi connectivity index (χ0) is 14.5. The molecule has 3 rings (SSSR count). The molecule has 0 atom stereocenters. The van der Waals surface area contributed by atoms with Gasteiger partial charge in [-0.25, -0.2) is 0 Å². The molecule has 0 spiro atoms. The second kappa shape index (κ2) is 6.06. The lowest BCUT2D eigenvalue weighted by molar-refractivity contribution is 1.07. The van der Waals surface area contributed by atoms with Gasteiger partial charge in [-0.2, -0.15) is 5.26 Å². The molecule has 0 saturated carbocycles. The fourth-order valence-corrected chi connectivity index (χ4v) is 2.23. The minimum atomic E-state index is 0.451. The van der Waals surface area contributed by atoms with Gasteiger partial charge in [-0.15, -0.1) is 0 Å². The Morgan fingerprint density at radius 3 is 2.57 bits per heavy atom. The Balaban J connectivity index is 1.69.